The monoisotopic (exact) mass is 320 g/mol. The van der Waals surface area contributed by atoms with Crippen LogP contribution in [0.2, 0.25) is 0 Å². The number of benzene rings is 2. The third-order valence-corrected chi connectivity index (χ3v) is 3.47. The van der Waals surface area contributed by atoms with Crippen LogP contribution in [0.4, 0.5) is 5.69 Å². The molecule has 19 heavy (non-hydrogen) atoms. The molecule has 0 heterocycles. The number of hydrogen-bond acceptors (Lipinski definition) is 3. The van der Waals surface area contributed by atoms with Crippen molar-refractivity contribution < 1.29 is 4.74 Å². The molecule has 2 rings (SSSR count). The van der Waals surface area contributed by atoms with Crippen molar-refractivity contribution in [1.82, 2.24) is 5.32 Å². The summed E-state index contributed by atoms with van der Waals surface area (Å²) in [6, 6.07) is 14.0. The lowest BCUT2D eigenvalue weighted by atomic mass is 10.2. The highest BCUT2D eigenvalue weighted by Crippen LogP contribution is 2.25. The van der Waals surface area contributed by atoms with Gasteiger partial charge in [-0.15, -0.1) is 0 Å². The van der Waals surface area contributed by atoms with Gasteiger partial charge in [0.15, 0.2) is 0 Å². The molecule has 0 unspecified atom stereocenters. The topological polar surface area (TPSA) is 47.3 Å². The molecule has 4 heteroatoms. The predicted octanol–water partition coefficient (Wildman–Crippen LogP) is 3.33. The summed E-state index contributed by atoms with van der Waals surface area (Å²) in [4.78, 5) is 0. The van der Waals surface area contributed by atoms with Gasteiger partial charge in [0.2, 0.25) is 0 Å². The highest BCUT2D eigenvalue weighted by Gasteiger charge is 2.01. The fourth-order valence-electron chi connectivity index (χ4n) is 1.81. The van der Waals surface area contributed by atoms with Crippen LogP contribution in [-0.2, 0) is 13.1 Å². The highest BCUT2D eigenvalue weighted by atomic mass is 79.9. The molecule has 0 aliphatic heterocycles. The molecule has 3 nitrogen and oxygen atoms in total. The molecule has 0 amide bonds. The minimum atomic E-state index is 0.794. The normalized spacial score (nSPS) is 10.4. The van der Waals surface area contributed by atoms with Gasteiger partial charge in [-0.3, -0.25) is 0 Å². The van der Waals surface area contributed by atoms with E-state index >= 15 is 0 Å². The van der Waals surface area contributed by atoms with E-state index in [-0.39, 0.29) is 0 Å². The zero-order valence-corrected chi connectivity index (χ0v) is 12.4. The maximum Gasteiger partial charge on any atom is 0.133 e. The van der Waals surface area contributed by atoms with Gasteiger partial charge in [0, 0.05) is 18.8 Å². The van der Waals surface area contributed by atoms with E-state index in [9.17, 15) is 0 Å². The van der Waals surface area contributed by atoms with Crippen molar-refractivity contribution in [3.63, 3.8) is 0 Å². The summed E-state index contributed by atoms with van der Waals surface area (Å²) in [6.07, 6.45) is 0. The number of halogens is 1. The highest BCUT2D eigenvalue weighted by molar-refractivity contribution is 9.10. The van der Waals surface area contributed by atoms with Crippen LogP contribution in [0.25, 0.3) is 0 Å². The maximum absolute atomic E-state index is 5.65. The van der Waals surface area contributed by atoms with E-state index in [2.05, 4.69) is 33.4 Å². The summed E-state index contributed by atoms with van der Waals surface area (Å²) in [5, 5.41) is 3.40. The lowest BCUT2D eigenvalue weighted by Gasteiger charge is -2.08. The summed E-state index contributed by atoms with van der Waals surface area (Å²) >= 11 is 3.49. The Morgan fingerprint density at radius 1 is 1.05 bits per heavy atom. The van der Waals surface area contributed by atoms with E-state index in [4.69, 9.17) is 10.5 Å². The minimum Gasteiger partial charge on any atom is -0.496 e. The Morgan fingerprint density at radius 2 is 1.68 bits per heavy atom. The average molecular weight is 321 g/mol. The Labute approximate surface area is 121 Å². The number of hydrogen-bond donors (Lipinski definition) is 2. The summed E-state index contributed by atoms with van der Waals surface area (Å²) in [6.45, 7) is 1.64. The van der Waals surface area contributed by atoms with E-state index in [1.165, 1.54) is 11.1 Å². The van der Waals surface area contributed by atoms with Crippen molar-refractivity contribution in [1.29, 1.82) is 0 Å². The van der Waals surface area contributed by atoms with Crippen LogP contribution in [0.3, 0.4) is 0 Å². The Hall–Kier alpha value is -1.52. The lowest BCUT2D eigenvalue weighted by Crippen LogP contribution is -2.12. The quantitative estimate of drug-likeness (QED) is 0.831. The first-order valence-electron chi connectivity index (χ1n) is 6.06. The number of rotatable bonds is 5. The van der Waals surface area contributed by atoms with E-state index in [0.717, 1.165) is 29.0 Å². The summed E-state index contributed by atoms with van der Waals surface area (Å²) in [5.41, 5.74) is 8.88. The van der Waals surface area contributed by atoms with Crippen molar-refractivity contribution >= 4 is 21.6 Å². The van der Waals surface area contributed by atoms with Gasteiger partial charge in [-0.1, -0.05) is 18.2 Å². The van der Waals surface area contributed by atoms with Gasteiger partial charge in [0.25, 0.3) is 0 Å². The molecule has 0 bridgehead atoms. The molecular weight excluding hydrogens is 304 g/mol. The van der Waals surface area contributed by atoms with Crippen LogP contribution in [0.1, 0.15) is 11.1 Å². The molecule has 0 saturated carbocycles. The Morgan fingerprint density at radius 3 is 2.32 bits per heavy atom. The molecule has 0 atom stereocenters. The number of nitrogens with two attached hydrogens (primary N) is 1. The summed E-state index contributed by atoms with van der Waals surface area (Å²) < 4.78 is 6.18. The molecular formula is C15H17BrN2O. The van der Waals surface area contributed by atoms with Crippen molar-refractivity contribution in [2.75, 3.05) is 12.8 Å². The molecule has 100 valence electrons. The molecule has 0 aliphatic rings. The zero-order valence-electron chi connectivity index (χ0n) is 10.8. The van der Waals surface area contributed by atoms with Crippen LogP contribution in [0.15, 0.2) is 46.9 Å². The van der Waals surface area contributed by atoms with Crippen molar-refractivity contribution in [3.05, 3.63) is 58.1 Å². The fraction of sp³-hybridized carbons (Fsp3) is 0.200. The first-order valence-corrected chi connectivity index (χ1v) is 6.86. The summed E-state index contributed by atoms with van der Waals surface area (Å²) in [7, 11) is 1.67. The molecule has 0 radical (unpaired) electrons. The number of nitrogens with one attached hydrogen (secondary N) is 1. The molecule has 0 aromatic heterocycles. The van der Waals surface area contributed by atoms with E-state index in [1.54, 1.807) is 7.11 Å². The van der Waals surface area contributed by atoms with Gasteiger partial charge in [-0.2, -0.15) is 0 Å². The maximum atomic E-state index is 5.65. The predicted molar refractivity (Wildman–Crippen MR) is 82.1 cm³/mol. The second-order valence-corrected chi connectivity index (χ2v) is 5.17. The average Bonchev–Trinajstić information content (AvgIpc) is 2.41. The standard InChI is InChI=1S/C15H17BrN2O/c1-19-15-7-4-12(8-14(15)16)10-18-9-11-2-5-13(17)6-3-11/h2-8,18H,9-10,17H2,1H3. The van der Waals surface area contributed by atoms with Crippen LogP contribution < -0.4 is 15.8 Å². The first kappa shape index (κ1) is 13.9. The van der Waals surface area contributed by atoms with Crippen molar-refractivity contribution in [2.45, 2.75) is 13.1 Å². The smallest absolute Gasteiger partial charge is 0.133 e. The van der Waals surface area contributed by atoms with Gasteiger partial charge in [0.05, 0.1) is 11.6 Å². The SMILES string of the molecule is COc1ccc(CNCc2ccc(N)cc2)cc1Br. The van der Waals surface area contributed by atoms with Crippen molar-refractivity contribution in [3.8, 4) is 5.75 Å². The third-order valence-electron chi connectivity index (χ3n) is 2.85. The van der Waals surface area contributed by atoms with Crippen LogP contribution in [0.5, 0.6) is 5.75 Å². The second kappa shape index (κ2) is 6.59. The molecule has 3 N–H and O–H groups in total. The Balaban J connectivity index is 1.88. The molecule has 0 aliphatic carbocycles. The zero-order chi connectivity index (χ0) is 13.7. The summed E-state index contributed by atoms with van der Waals surface area (Å²) in [5.74, 6) is 0.849. The molecule has 2 aromatic rings. The number of methoxy groups -OCH3 is 1. The van der Waals surface area contributed by atoms with Gasteiger partial charge in [-0.05, 0) is 51.3 Å². The van der Waals surface area contributed by atoms with Gasteiger partial charge >= 0.3 is 0 Å². The van der Waals surface area contributed by atoms with Gasteiger partial charge < -0.3 is 15.8 Å². The molecule has 0 saturated heterocycles. The van der Waals surface area contributed by atoms with E-state index < -0.39 is 0 Å². The second-order valence-electron chi connectivity index (χ2n) is 4.31. The Bertz CT molecular complexity index is 540. The first-order chi connectivity index (χ1) is 9.19. The Kier molecular flexibility index (Phi) is 4.82. The van der Waals surface area contributed by atoms with E-state index in [0.29, 0.717) is 0 Å². The molecule has 0 spiro atoms. The van der Waals surface area contributed by atoms with Crippen LogP contribution in [-0.4, -0.2) is 7.11 Å². The largest absolute Gasteiger partial charge is 0.496 e. The van der Waals surface area contributed by atoms with Gasteiger partial charge in [-0.25, -0.2) is 0 Å². The van der Waals surface area contributed by atoms with Gasteiger partial charge in [0.1, 0.15) is 5.75 Å². The fourth-order valence-corrected chi connectivity index (χ4v) is 2.39. The minimum absolute atomic E-state index is 0.794. The van der Waals surface area contributed by atoms with Crippen LogP contribution >= 0.6 is 15.9 Å². The van der Waals surface area contributed by atoms with Crippen molar-refractivity contribution in [2.24, 2.45) is 0 Å². The van der Waals surface area contributed by atoms with E-state index in [1.807, 2.05) is 30.3 Å². The molecule has 0 fully saturated rings. The lowest BCUT2D eigenvalue weighted by molar-refractivity contribution is 0.412. The number of anilines is 1. The molecule has 2 aromatic carbocycles. The third kappa shape index (κ3) is 3.98. The number of ether oxygens (including phenoxy) is 1. The van der Waals surface area contributed by atoms with Crippen LogP contribution in [0, 0.1) is 0 Å². The number of nitrogen functional groups attached to an aromatic ring is 1.